The van der Waals surface area contributed by atoms with Crippen molar-refractivity contribution in [2.75, 3.05) is 6.54 Å². The zero-order valence-electron chi connectivity index (χ0n) is 9.17. The number of amides is 1. The number of hydrogen-bond acceptors (Lipinski definition) is 2. The number of benzene rings is 1. The molecule has 0 aliphatic heterocycles. The number of carbonyl (C=O) groups excluding carboxylic acids is 1. The molecule has 3 nitrogen and oxygen atoms in total. The van der Waals surface area contributed by atoms with Crippen molar-refractivity contribution in [1.82, 2.24) is 5.32 Å². The van der Waals surface area contributed by atoms with Crippen LogP contribution in [0.4, 0.5) is 8.78 Å². The normalized spacial score (nSPS) is 9.71. The summed E-state index contributed by atoms with van der Waals surface area (Å²) in [5.41, 5.74) is 0.679. The fourth-order valence-corrected chi connectivity index (χ4v) is 1.35. The standard InChI is InChI=1S/C12H12F2N2O/c13-10-4-3-9(8-11(10)14)2-1-7-16-12(17)5-6-15/h3-4,8H,1-2,5,7H2,(H,16,17). The molecule has 0 unspecified atom stereocenters. The predicted molar refractivity (Wildman–Crippen MR) is 57.9 cm³/mol. The summed E-state index contributed by atoms with van der Waals surface area (Å²) in [6.07, 6.45) is 0.997. The predicted octanol–water partition coefficient (Wildman–Crippen LogP) is 1.93. The molecule has 0 saturated heterocycles. The van der Waals surface area contributed by atoms with Gasteiger partial charge in [-0.15, -0.1) is 0 Å². The van der Waals surface area contributed by atoms with Gasteiger partial charge in [0.2, 0.25) is 5.91 Å². The van der Waals surface area contributed by atoms with Crippen LogP contribution in [0.1, 0.15) is 18.4 Å². The van der Waals surface area contributed by atoms with Crippen molar-refractivity contribution in [3.8, 4) is 6.07 Å². The van der Waals surface area contributed by atoms with Crippen molar-refractivity contribution >= 4 is 5.91 Å². The number of rotatable bonds is 5. The maximum Gasteiger partial charge on any atom is 0.234 e. The maximum absolute atomic E-state index is 12.8. The molecular weight excluding hydrogens is 226 g/mol. The van der Waals surface area contributed by atoms with Crippen LogP contribution in [-0.4, -0.2) is 12.5 Å². The molecule has 0 radical (unpaired) electrons. The van der Waals surface area contributed by atoms with Gasteiger partial charge in [0, 0.05) is 6.54 Å². The van der Waals surface area contributed by atoms with Crippen LogP contribution < -0.4 is 5.32 Å². The highest BCUT2D eigenvalue weighted by Gasteiger charge is 2.03. The molecule has 0 spiro atoms. The lowest BCUT2D eigenvalue weighted by Crippen LogP contribution is -2.23. The van der Waals surface area contributed by atoms with Crippen molar-refractivity contribution in [1.29, 1.82) is 5.26 Å². The van der Waals surface area contributed by atoms with E-state index in [0.717, 1.165) is 12.1 Å². The second-order valence-corrected chi connectivity index (χ2v) is 3.54. The highest BCUT2D eigenvalue weighted by molar-refractivity contribution is 5.77. The van der Waals surface area contributed by atoms with Crippen LogP contribution in [-0.2, 0) is 11.2 Å². The number of hydrogen-bond donors (Lipinski definition) is 1. The summed E-state index contributed by atoms with van der Waals surface area (Å²) in [7, 11) is 0. The lowest BCUT2D eigenvalue weighted by atomic mass is 10.1. The second kappa shape index (κ2) is 6.59. The van der Waals surface area contributed by atoms with Gasteiger partial charge in [-0.1, -0.05) is 6.07 Å². The van der Waals surface area contributed by atoms with Gasteiger partial charge < -0.3 is 5.32 Å². The largest absolute Gasteiger partial charge is 0.355 e. The summed E-state index contributed by atoms with van der Waals surface area (Å²) < 4.78 is 25.5. The van der Waals surface area contributed by atoms with Gasteiger partial charge in [-0.25, -0.2) is 8.78 Å². The van der Waals surface area contributed by atoms with Crippen LogP contribution >= 0.6 is 0 Å². The summed E-state index contributed by atoms with van der Waals surface area (Å²) in [5, 5.41) is 10.8. The number of nitriles is 1. The van der Waals surface area contributed by atoms with Crippen LogP contribution in [0.3, 0.4) is 0 Å². The third-order valence-corrected chi connectivity index (χ3v) is 2.19. The summed E-state index contributed by atoms with van der Waals surface area (Å²) in [4.78, 5) is 10.9. The highest BCUT2D eigenvalue weighted by atomic mass is 19.2. The lowest BCUT2D eigenvalue weighted by Gasteiger charge is -2.03. The van der Waals surface area contributed by atoms with E-state index in [4.69, 9.17) is 5.26 Å². The number of nitrogens with one attached hydrogen (secondary N) is 1. The van der Waals surface area contributed by atoms with E-state index in [9.17, 15) is 13.6 Å². The zero-order valence-corrected chi connectivity index (χ0v) is 9.17. The van der Waals surface area contributed by atoms with Gasteiger partial charge in [0.25, 0.3) is 0 Å². The van der Waals surface area contributed by atoms with Crippen molar-refractivity contribution < 1.29 is 13.6 Å². The van der Waals surface area contributed by atoms with E-state index in [-0.39, 0.29) is 12.3 Å². The van der Waals surface area contributed by atoms with Gasteiger partial charge >= 0.3 is 0 Å². The molecule has 0 saturated carbocycles. The summed E-state index contributed by atoms with van der Waals surface area (Å²) in [6.45, 7) is 0.416. The quantitative estimate of drug-likeness (QED) is 0.797. The topological polar surface area (TPSA) is 52.9 Å². The fourth-order valence-electron chi connectivity index (χ4n) is 1.35. The Labute approximate surface area is 98.1 Å². The minimum Gasteiger partial charge on any atom is -0.355 e. The molecule has 0 atom stereocenters. The molecule has 0 fully saturated rings. The molecule has 0 bridgehead atoms. The second-order valence-electron chi connectivity index (χ2n) is 3.54. The van der Waals surface area contributed by atoms with Crippen LogP contribution in [0.5, 0.6) is 0 Å². The van der Waals surface area contributed by atoms with Gasteiger partial charge in [0.05, 0.1) is 6.07 Å². The Morgan fingerprint density at radius 3 is 2.76 bits per heavy atom. The Hall–Kier alpha value is -1.96. The smallest absolute Gasteiger partial charge is 0.234 e. The molecule has 1 N–H and O–H groups in total. The molecule has 0 aliphatic rings. The van der Waals surface area contributed by atoms with Gasteiger partial charge in [0.1, 0.15) is 6.42 Å². The molecule has 17 heavy (non-hydrogen) atoms. The Kier molecular flexibility index (Phi) is 5.08. The van der Waals surface area contributed by atoms with Gasteiger partial charge in [0.15, 0.2) is 11.6 Å². The first-order chi connectivity index (χ1) is 8.13. The van der Waals surface area contributed by atoms with Crippen molar-refractivity contribution in [3.63, 3.8) is 0 Å². The average molecular weight is 238 g/mol. The maximum atomic E-state index is 12.8. The van der Waals surface area contributed by atoms with Crippen molar-refractivity contribution in [2.45, 2.75) is 19.3 Å². The SMILES string of the molecule is N#CCC(=O)NCCCc1ccc(F)c(F)c1. The third-order valence-electron chi connectivity index (χ3n) is 2.19. The van der Waals surface area contributed by atoms with E-state index in [0.29, 0.717) is 24.9 Å². The van der Waals surface area contributed by atoms with E-state index in [1.807, 2.05) is 0 Å². The van der Waals surface area contributed by atoms with E-state index in [2.05, 4.69) is 5.32 Å². The molecule has 1 amide bonds. The Morgan fingerprint density at radius 1 is 1.35 bits per heavy atom. The minimum absolute atomic E-state index is 0.162. The monoisotopic (exact) mass is 238 g/mol. The van der Waals surface area contributed by atoms with E-state index in [1.54, 1.807) is 6.07 Å². The van der Waals surface area contributed by atoms with Crippen LogP contribution in [0, 0.1) is 23.0 Å². The number of nitrogens with zero attached hydrogens (tertiary/aromatic N) is 1. The lowest BCUT2D eigenvalue weighted by molar-refractivity contribution is -0.120. The van der Waals surface area contributed by atoms with Crippen molar-refractivity contribution in [2.24, 2.45) is 0 Å². The molecule has 90 valence electrons. The third kappa shape index (κ3) is 4.60. The number of halogens is 2. The summed E-state index contributed by atoms with van der Waals surface area (Å²) in [5.74, 6) is -2.05. The first-order valence-corrected chi connectivity index (χ1v) is 5.21. The van der Waals surface area contributed by atoms with Gasteiger partial charge in [-0.2, -0.15) is 5.26 Å². The van der Waals surface area contributed by atoms with Crippen LogP contribution in [0.15, 0.2) is 18.2 Å². The Balaban J connectivity index is 2.29. The van der Waals surface area contributed by atoms with Gasteiger partial charge in [-0.05, 0) is 30.5 Å². The van der Waals surface area contributed by atoms with Crippen LogP contribution in [0.25, 0.3) is 0 Å². The van der Waals surface area contributed by atoms with Gasteiger partial charge in [-0.3, -0.25) is 4.79 Å². The summed E-state index contributed by atoms with van der Waals surface area (Å²) >= 11 is 0. The number of aryl methyl sites for hydroxylation is 1. The molecule has 5 heteroatoms. The molecule has 0 aromatic heterocycles. The number of carbonyl (C=O) groups is 1. The molecule has 0 heterocycles. The van der Waals surface area contributed by atoms with E-state index in [1.165, 1.54) is 6.07 Å². The van der Waals surface area contributed by atoms with E-state index >= 15 is 0 Å². The molecule has 1 rings (SSSR count). The average Bonchev–Trinajstić information content (AvgIpc) is 2.29. The highest BCUT2D eigenvalue weighted by Crippen LogP contribution is 2.09. The van der Waals surface area contributed by atoms with E-state index < -0.39 is 11.6 Å². The van der Waals surface area contributed by atoms with Crippen molar-refractivity contribution in [3.05, 3.63) is 35.4 Å². The molecule has 1 aromatic carbocycles. The Bertz CT molecular complexity index is 441. The molecule has 1 aromatic rings. The molecular formula is C12H12F2N2O. The van der Waals surface area contributed by atoms with Crippen LogP contribution in [0.2, 0.25) is 0 Å². The minimum atomic E-state index is -0.865. The first kappa shape index (κ1) is 13.1. The zero-order chi connectivity index (χ0) is 12.7. The fraction of sp³-hybridized carbons (Fsp3) is 0.333. The summed E-state index contributed by atoms with van der Waals surface area (Å²) in [6, 6.07) is 5.47. The Morgan fingerprint density at radius 2 is 2.12 bits per heavy atom. The first-order valence-electron chi connectivity index (χ1n) is 5.21. The molecule has 0 aliphatic carbocycles.